The molecule has 27 heavy (non-hydrogen) atoms. The Kier molecular flexibility index (Phi) is 9.18. The molecule has 1 aliphatic carbocycles. The van der Waals surface area contributed by atoms with E-state index in [-0.39, 0.29) is 12.0 Å². The Hall–Kier alpha value is -0.990. The van der Waals surface area contributed by atoms with E-state index in [2.05, 4.69) is 6.92 Å². The molecule has 0 N–H and O–H groups in total. The molecule has 1 aromatic rings. The Morgan fingerprint density at radius 1 is 0.889 bits per heavy atom. The third-order valence-corrected chi connectivity index (χ3v) is 6.22. The minimum absolute atomic E-state index is 0.109. The Labute approximate surface area is 163 Å². The third kappa shape index (κ3) is 6.84. The van der Waals surface area contributed by atoms with Gasteiger partial charge in [-0.05, 0) is 48.6 Å². The van der Waals surface area contributed by atoms with E-state index < -0.39 is 18.5 Å². The lowest BCUT2D eigenvalue weighted by Gasteiger charge is -2.29. The summed E-state index contributed by atoms with van der Waals surface area (Å²) >= 11 is 0. The molecule has 0 saturated heterocycles. The zero-order valence-corrected chi connectivity index (χ0v) is 17.2. The van der Waals surface area contributed by atoms with Gasteiger partial charge in [-0.2, -0.15) is 0 Å². The number of unbranched alkanes of at least 4 members (excludes halogenated alkanes) is 4. The van der Waals surface area contributed by atoms with Crippen molar-refractivity contribution in [1.82, 2.24) is 0 Å². The van der Waals surface area contributed by atoms with E-state index in [1.807, 2.05) is 12.1 Å². The van der Waals surface area contributed by atoms with Crippen LogP contribution in [0.2, 0.25) is 0 Å². The average molecular weight is 383 g/mol. The standard InChI is InChI=1S/C24H37F3/c1-3-5-6-7-8-9-19-10-12-20(13-11-19)21-14-16-22(17-15-21)23(25)24(26,27)18-4-2/h14-17,19-20,23H,3-13,18H2,1-2H3. The van der Waals surface area contributed by atoms with E-state index in [1.165, 1.54) is 69.8 Å². The van der Waals surface area contributed by atoms with Crippen molar-refractivity contribution in [3.63, 3.8) is 0 Å². The minimum atomic E-state index is -3.27. The molecule has 154 valence electrons. The first-order valence-electron chi connectivity index (χ1n) is 11.1. The van der Waals surface area contributed by atoms with Crippen LogP contribution in [0.15, 0.2) is 24.3 Å². The molecule has 1 fully saturated rings. The van der Waals surface area contributed by atoms with Crippen molar-refractivity contribution in [3.8, 4) is 0 Å². The van der Waals surface area contributed by atoms with Gasteiger partial charge in [0.1, 0.15) is 0 Å². The van der Waals surface area contributed by atoms with Crippen molar-refractivity contribution >= 4 is 0 Å². The van der Waals surface area contributed by atoms with Crippen LogP contribution in [0.1, 0.15) is 114 Å². The van der Waals surface area contributed by atoms with Gasteiger partial charge in [-0.15, -0.1) is 0 Å². The van der Waals surface area contributed by atoms with Crippen LogP contribution in [-0.2, 0) is 0 Å². The fourth-order valence-electron chi connectivity index (χ4n) is 4.46. The molecule has 0 bridgehead atoms. The van der Waals surface area contributed by atoms with Gasteiger partial charge in [0.2, 0.25) is 0 Å². The summed E-state index contributed by atoms with van der Waals surface area (Å²) in [7, 11) is 0. The topological polar surface area (TPSA) is 0 Å². The quantitative estimate of drug-likeness (QED) is 0.335. The summed E-state index contributed by atoms with van der Waals surface area (Å²) in [5, 5.41) is 0. The number of hydrogen-bond donors (Lipinski definition) is 0. The monoisotopic (exact) mass is 382 g/mol. The summed E-state index contributed by atoms with van der Waals surface area (Å²) in [4.78, 5) is 0. The third-order valence-electron chi connectivity index (χ3n) is 6.22. The van der Waals surface area contributed by atoms with Crippen LogP contribution in [0.5, 0.6) is 0 Å². The summed E-state index contributed by atoms with van der Waals surface area (Å²) in [6, 6.07) is 6.89. The maximum Gasteiger partial charge on any atom is 0.282 e. The molecule has 0 spiro atoms. The Bertz CT molecular complexity index is 515. The van der Waals surface area contributed by atoms with E-state index >= 15 is 0 Å². The second kappa shape index (κ2) is 11.1. The maximum absolute atomic E-state index is 14.2. The van der Waals surface area contributed by atoms with E-state index in [1.54, 1.807) is 19.1 Å². The zero-order chi connectivity index (χ0) is 19.7. The molecule has 1 atom stereocenters. The van der Waals surface area contributed by atoms with Crippen LogP contribution in [0.25, 0.3) is 0 Å². The number of alkyl halides is 3. The van der Waals surface area contributed by atoms with Crippen molar-refractivity contribution in [1.29, 1.82) is 0 Å². The van der Waals surface area contributed by atoms with Crippen molar-refractivity contribution in [2.45, 2.75) is 109 Å². The van der Waals surface area contributed by atoms with Gasteiger partial charge >= 0.3 is 0 Å². The number of halogens is 3. The van der Waals surface area contributed by atoms with Gasteiger partial charge in [0, 0.05) is 6.42 Å². The van der Waals surface area contributed by atoms with E-state index in [0.717, 1.165) is 5.92 Å². The molecule has 0 heterocycles. The average Bonchev–Trinajstić information content (AvgIpc) is 2.68. The van der Waals surface area contributed by atoms with Gasteiger partial charge in [0.25, 0.3) is 5.92 Å². The number of rotatable bonds is 11. The molecule has 0 aliphatic heterocycles. The first-order chi connectivity index (χ1) is 13.0. The number of hydrogen-bond acceptors (Lipinski definition) is 0. The van der Waals surface area contributed by atoms with Gasteiger partial charge < -0.3 is 0 Å². The van der Waals surface area contributed by atoms with Gasteiger partial charge in [0.15, 0.2) is 6.17 Å². The molecule has 0 aromatic heterocycles. The van der Waals surface area contributed by atoms with Gasteiger partial charge in [0.05, 0.1) is 0 Å². The fraction of sp³-hybridized carbons (Fsp3) is 0.750. The lowest BCUT2D eigenvalue weighted by molar-refractivity contribution is -0.0807. The highest BCUT2D eigenvalue weighted by atomic mass is 19.3. The molecular formula is C24H37F3. The lowest BCUT2D eigenvalue weighted by Crippen LogP contribution is -2.23. The van der Waals surface area contributed by atoms with Crippen molar-refractivity contribution in [2.75, 3.05) is 0 Å². The van der Waals surface area contributed by atoms with Crippen LogP contribution < -0.4 is 0 Å². The first kappa shape index (κ1) is 22.3. The molecular weight excluding hydrogens is 345 g/mol. The van der Waals surface area contributed by atoms with Crippen LogP contribution in [0, 0.1) is 5.92 Å². The highest BCUT2D eigenvalue weighted by Crippen LogP contribution is 2.41. The molecule has 1 aliphatic rings. The minimum Gasteiger partial charge on any atom is -0.236 e. The molecule has 3 heteroatoms. The van der Waals surface area contributed by atoms with Gasteiger partial charge in [-0.25, -0.2) is 13.2 Å². The Balaban J connectivity index is 1.79. The fourth-order valence-corrected chi connectivity index (χ4v) is 4.46. The van der Waals surface area contributed by atoms with Crippen LogP contribution >= 0.6 is 0 Å². The van der Waals surface area contributed by atoms with Crippen LogP contribution in [0.4, 0.5) is 13.2 Å². The Morgan fingerprint density at radius 3 is 2.11 bits per heavy atom. The largest absolute Gasteiger partial charge is 0.282 e. The number of benzene rings is 1. The summed E-state index contributed by atoms with van der Waals surface area (Å²) in [5.74, 6) is -1.92. The molecule has 2 rings (SSSR count). The van der Waals surface area contributed by atoms with Gasteiger partial charge in [-0.1, -0.05) is 83.1 Å². The lowest BCUT2D eigenvalue weighted by atomic mass is 9.77. The molecule has 0 nitrogen and oxygen atoms in total. The van der Waals surface area contributed by atoms with E-state index in [0.29, 0.717) is 5.92 Å². The Morgan fingerprint density at radius 2 is 1.52 bits per heavy atom. The predicted octanol–water partition coefficient (Wildman–Crippen LogP) is 8.77. The first-order valence-corrected chi connectivity index (χ1v) is 11.1. The molecule has 0 amide bonds. The second-order valence-corrected chi connectivity index (χ2v) is 8.46. The van der Waals surface area contributed by atoms with Crippen molar-refractivity contribution < 1.29 is 13.2 Å². The van der Waals surface area contributed by atoms with Crippen LogP contribution in [0.3, 0.4) is 0 Å². The summed E-state index contributed by atoms with van der Waals surface area (Å²) < 4.78 is 41.8. The highest BCUT2D eigenvalue weighted by Gasteiger charge is 2.40. The second-order valence-electron chi connectivity index (χ2n) is 8.46. The molecule has 1 saturated carbocycles. The molecule has 1 unspecified atom stereocenters. The summed E-state index contributed by atoms with van der Waals surface area (Å²) in [6.45, 7) is 3.91. The van der Waals surface area contributed by atoms with E-state index in [4.69, 9.17) is 0 Å². The van der Waals surface area contributed by atoms with E-state index in [9.17, 15) is 13.2 Å². The van der Waals surface area contributed by atoms with Gasteiger partial charge in [-0.3, -0.25) is 0 Å². The smallest absolute Gasteiger partial charge is 0.236 e. The summed E-state index contributed by atoms with van der Waals surface area (Å²) in [6.07, 6.45) is 10.6. The predicted molar refractivity (Wildman–Crippen MR) is 108 cm³/mol. The molecule has 1 aromatic carbocycles. The maximum atomic E-state index is 14.2. The molecule has 0 radical (unpaired) electrons. The highest BCUT2D eigenvalue weighted by molar-refractivity contribution is 5.28. The van der Waals surface area contributed by atoms with Crippen LogP contribution in [-0.4, -0.2) is 5.92 Å². The van der Waals surface area contributed by atoms with Crippen molar-refractivity contribution in [2.24, 2.45) is 5.92 Å². The SMILES string of the molecule is CCCCCCCC1CCC(c2ccc(C(F)C(F)(F)CCC)cc2)CC1. The normalized spacial score (nSPS) is 22.0. The zero-order valence-electron chi connectivity index (χ0n) is 17.2. The summed E-state index contributed by atoms with van der Waals surface area (Å²) in [5.41, 5.74) is 1.30. The van der Waals surface area contributed by atoms with Crippen molar-refractivity contribution in [3.05, 3.63) is 35.4 Å².